The number of nitrogens with zero attached hydrogens (tertiary/aromatic N) is 7. The zero-order chi connectivity index (χ0) is 16.8. The molecular weight excluding hydrogens is 306 g/mol. The van der Waals surface area contributed by atoms with Crippen LogP contribution in [-0.4, -0.2) is 70.8 Å². The minimum Gasteiger partial charge on any atom is -0.374 e. The molecular formula is C16H21N7O. The Morgan fingerprint density at radius 1 is 1.46 bits per heavy atom. The second kappa shape index (κ2) is 7.86. The first-order valence-corrected chi connectivity index (χ1v) is 8.00. The summed E-state index contributed by atoms with van der Waals surface area (Å²) in [6.45, 7) is 4.95. The maximum Gasteiger partial charge on any atom is 0.151 e. The van der Waals surface area contributed by atoms with E-state index in [0.717, 1.165) is 45.1 Å². The Hall–Kier alpha value is -2.50. The van der Waals surface area contributed by atoms with Crippen LogP contribution in [0.4, 0.5) is 5.82 Å². The highest BCUT2D eigenvalue weighted by atomic mass is 16.5. The average Bonchev–Trinajstić information content (AvgIpc) is 3.09. The predicted molar refractivity (Wildman–Crippen MR) is 88.4 cm³/mol. The van der Waals surface area contributed by atoms with Gasteiger partial charge in [0.1, 0.15) is 6.07 Å². The third kappa shape index (κ3) is 4.28. The number of hydrogen-bond acceptors (Lipinski definition) is 7. The largest absolute Gasteiger partial charge is 0.374 e. The van der Waals surface area contributed by atoms with Crippen molar-refractivity contribution < 1.29 is 4.74 Å². The van der Waals surface area contributed by atoms with E-state index < -0.39 is 0 Å². The maximum absolute atomic E-state index is 8.84. The topological polar surface area (TPSA) is 83.1 Å². The molecule has 0 spiro atoms. The summed E-state index contributed by atoms with van der Waals surface area (Å²) in [6.07, 6.45) is 5.18. The first kappa shape index (κ1) is 16.4. The Bertz CT molecular complexity index is 681. The van der Waals surface area contributed by atoms with E-state index >= 15 is 0 Å². The van der Waals surface area contributed by atoms with Crippen LogP contribution in [0.2, 0.25) is 0 Å². The average molecular weight is 327 g/mol. The lowest BCUT2D eigenvalue weighted by atomic mass is 10.2. The predicted octanol–water partition coefficient (Wildman–Crippen LogP) is 0.382. The molecule has 1 fully saturated rings. The van der Waals surface area contributed by atoms with Crippen molar-refractivity contribution in [1.82, 2.24) is 24.9 Å². The molecule has 3 rings (SSSR count). The zero-order valence-corrected chi connectivity index (χ0v) is 13.7. The van der Waals surface area contributed by atoms with Crippen LogP contribution in [0, 0.1) is 11.3 Å². The molecule has 2 aromatic rings. The first-order valence-electron chi connectivity index (χ1n) is 8.00. The Morgan fingerprint density at radius 2 is 2.38 bits per heavy atom. The fourth-order valence-corrected chi connectivity index (χ4v) is 2.78. The molecule has 1 unspecified atom stereocenters. The van der Waals surface area contributed by atoms with Crippen LogP contribution >= 0.6 is 0 Å². The third-order valence-electron chi connectivity index (χ3n) is 4.06. The van der Waals surface area contributed by atoms with Crippen molar-refractivity contribution >= 4 is 5.82 Å². The van der Waals surface area contributed by atoms with Gasteiger partial charge in [-0.2, -0.15) is 15.5 Å². The lowest BCUT2D eigenvalue weighted by molar-refractivity contribution is -0.0247. The summed E-state index contributed by atoms with van der Waals surface area (Å²) in [4.78, 5) is 4.43. The Kier molecular flexibility index (Phi) is 5.36. The van der Waals surface area contributed by atoms with Crippen LogP contribution < -0.4 is 4.90 Å². The Labute approximate surface area is 141 Å². The molecule has 0 aliphatic carbocycles. The van der Waals surface area contributed by atoms with E-state index in [0.29, 0.717) is 5.56 Å². The highest BCUT2D eigenvalue weighted by Crippen LogP contribution is 2.11. The second-order valence-corrected chi connectivity index (χ2v) is 5.86. The number of hydrogen-bond donors (Lipinski definition) is 0. The van der Waals surface area contributed by atoms with Gasteiger partial charge in [-0.25, -0.2) is 0 Å². The van der Waals surface area contributed by atoms with Crippen LogP contribution in [0.3, 0.4) is 0 Å². The molecule has 1 atom stereocenters. The van der Waals surface area contributed by atoms with Gasteiger partial charge in [0.15, 0.2) is 5.82 Å². The van der Waals surface area contributed by atoms with E-state index in [1.807, 2.05) is 23.9 Å². The van der Waals surface area contributed by atoms with Gasteiger partial charge in [0.05, 0.1) is 31.0 Å². The SMILES string of the molecule is CN(CC1CN(CCn2cc(C#N)cn2)CCO1)c1cccnn1. The van der Waals surface area contributed by atoms with Crippen molar-refractivity contribution in [2.24, 2.45) is 0 Å². The van der Waals surface area contributed by atoms with Crippen LogP contribution in [0.5, 0.6) is 0 Å². The van der Waals surface area contributed by atoms with Crippen molar-refractivity contribution in [2.75, 3.05) is 44.7 Å². The summed E-state index contributed by atoms with van der Waals surface area (Å²) in [5.74, 6) is 0.846. The van der Waals surface area contributed by atoms with E-state index in [-0.39, 0.29) is 6.10 Å². The van der Waals surface area contributed by atoms with Crippen LogP contribution in [-0.2, 0) is 11.3 Å². The molecule has 3 heterocycles. The molecule has 0 aromatic carbocycles. The van der Waals surface area contributed by atoms with E-state index in [9.17, 15) is 0 Å². The number of likely N-dealkylation sites (N-methyl/N-ethyl adjacent to an activating group) is 1. The quantitative estimate of drug-likeness (QED) is 0.758. The molecule has 0 radical (unpaired) electrons. The number of anilines is 1. The summed E-state index contributed by atoms with van der Waals surface area (Å²) >= 11 is 0. The minimum atomic E-state index is 0.137. The fraction of sp³-hybridized carbons (Fsp3) is 0.500. The van der Waals surface area contributed by atoms with Crippen LogP contribution in [0.15, 0.2) is 30.7 Å². The van der Waals surface area contributed by atoms with Gasteiger partial charge in [-0.3, -0.25) is 9.58 Å². The van der Waals surface area contributed by atoms with Gasteiger partial charge in [-0.1, -0.05) is 0 Å². The summed E-state index contributed by atoms with van der Waals surface area (Å²) in [5.41, 5.74) is 0.598. The maximum atomic E-state index is 8.84. The molecule has 0 amide bonds. The number of ether oxygens (including phenoxy) is 1. The monoisotopic (exact) mass is 327 g/mol. The molecule has 0 N–H and O–H groups in total. The summed E-state index contributed by atoms with van der Waals surface area (Å²) < 4.78 is 7.69. The van der Waals surface area contributed by atoms with Crippen molar-refractivity contribution in [3.05, 3.63) is 36.3 Å². The number of morpholine rings is 1. The highest BCUT2D eigenvalue weighted by Gasteiger charge is 2.22. The molecule has 0 saturated carbocycles. The number of aromatic nitrogens is 4. The summed E-state index contributed by atoms with van der Waals surface area (Å²) in [7, 11) is 2.00. The Morgan fingerprint density at radius 3 is 3.12 bits per heavy atom. The van der Waals surface area contributed by atoms with E-state index in [1.54, 1.807) is 18.6 Å². The van der Waals surface area contributed by atoms with Gasteiger partial charge in [-0.15, -0.1) is 5.10 Å². The normalized spacial score (nSPS) is 18.2. The smallest absolute Gasteiger partial charge is 0.151 e. The van der Waals surface area contributed by atoms with Crippen LogP contribution in [0.1, 0.15) is 5.56 Å². The zero-order valence-electron chi connectivity index (χ0n) is 13.7. The van der Waals surface area contributed by atoms with Crippen molar-refractivity contribution in [3.63, 3.8) is 0 Å². The number of nitriles is 1. The number of rotatable bonds is 6. The van der Waals surface area contributed by atoms with Crippen molar-refractivity contribution in [1.29, 1.82) is 5.26 Å². The summed E-state index contributed by atoms with van der Waals surface area (Å²) in [5, 5.41) is 21.1. The van der Waals surface area contributed by atoms with Gasteiger partial charge in [0, 0.05) is 45.6 Å². The van der Waals surface area contributed by atoms with Crippen molar-refractivity contribution in [2.45, 2.75) is 12.6 Å². The van der Waals surface area contributed by atoms with E-state index in [4.69, 9.17) is 10.00 Å². The minimum absolute atomic E-state index is 0.137. The van der Waals surface area contributed by atoms with Crippen LogP contribution in [0.25, 0.3) is 0 Å². The molecule has 0 bridgehead atoms. The molecule has 1 aliphatic rings. The highest BCUT2D eigenvalue weighted by molar-refractivity contribution is 5.35. The van der Waals surface area contributed by atoms with Gasteiger partial charge in [-0.05, 0) is 12.1 Å². The molecule has 126 valence electrons. The molecule has 1 aliphatic heterocycles. The van der Waals surface area contributed by atoms with E-state index in [1.165, 1.54) is 0 Å². The third-order valence-corrected chi connectivity index (χ3v) is 4.06. The van der Waals surface area contributed by atoms with E-state index in [2.05, 4.69) is 31.2 Å². The fourth-order valence-electron chi connectivity index (χ4n) is 2.78. The lowest BCUT2D eigenvalue weighted by Gasteiger charge is -2.34. The van der Waals surface area contributed by atoms with Gasteiger partial charge >= 0.3 is 0 Å². The standard InChI is InChI=1S/C16H21N7O/c1-21(16-3-2-4-18-20-16)12-15-13-22(7-8-24-15)5-6-23-11-14(9-17)10-19-23/h2-4,10-11,15H,5-8,12-13H2,1H3. The first-order chi connectivity index (χ1) is 11.7. The molecule has 8 heteroatoms. The summed E-state index contributed by atoms with van der Waals surface area (Å²) in [6, 6.07) is 5.92. The molecule has 24 heavy (non-hydrogen) atoms. The second-order valence-electron chi connectivity index (χ2n) is 5.86. The lowest BCUT2D eigenvalue weighted by Crippen LogP contribution is -2.48. The van der Waals surface area contributed by atoms with Gasteiger partial charge < -0.3 is 9.64 Å². The Balaban J connectivity index is 1.48. The molecule has 1 saturated heterocycles. The molecule has 8 nitrogen and oxygen atoms in total. The molecule has 2 aromatic heterocycles. The van der Waals surface area contributed by atoms with Gasteiger partial charge in [0.2, 0.25) is 0 Å². The van der Waals surface area contributed by atoms with Gasteiger partial charge in [0.25, 0.3) is 0 Å². The van der Waals surface area contributed by atoms with Crippen molar-refractivity contribution in [3.8, 4) is 6.07 Å².